The van der Waals surface area contributed by atoms with Crippen LogP contribution in [-0.2, 0) is 0 Å². The number of hydrogen-bond acceptors (Lipinski definition) is 3. The van der Waals surface area contributed by atoms with Gasteiger partial charge in [-0.1, -0.05) is 24.3 Å². The van der Waals surface area contributed by atoms with Crippen molar-refractivity contribution in [2.24, 2.45) is 0 Å². The molecule has 1 heterocycles. The molecule has 104 valence electrons. The maximum atomic E-state index is 11.4. The monoisotopic (exact) mass is 391 g/mol. The second kappa shape index (κ2) is 5.69. The van der Waals surface area contributed by atoms with Crippen LogP contribution < -0.4 is 4.74 Å². The van der Waals surface area contributed by atoms with Crippen LogP contribution >= 0.6 is 22.6 Å². The molecule has 0 saturated heterocycles. The average molecular weight is 391 g/mol. The van der Waals surface area contributed by atoms with Gasteiger partial charge in [-0.15, -0.1) is 0 Å². The van der Waals surface area contributed by atoms with E-state index in [0.29, 0.717) is 11.3 Å². The van der Waals surface area contributed by atoms with Gasteiger partial charge in [0.05, 0.1) is 5.52 Å². The zero-order valence-corrected chi connectivity index (χ0v) is 12.9. The van der Waals surface area contributed by atoms with Crippen molar-refractivity contribution in [2.45, 2.75) is 0 Å². The average Bonchev–Trinajstić information content (AvgIpc) is 2.46. The van der Waals surface area contributed by atoms with Crippen LogP contribution in [0.25, 0.3) is 10.9 Å². The predicted octanol–water partition coefficient (Wildman–Crippen LogP) is 4.33. The minimum atomic E-state index is -1.06. The third kappa shape index (κ3) is 2.97. The second-order valence-corrected chi connectivity index (χ2v) is 5.64. The normalized spacial score (nSPS) is 10.5. The Kier molecular flexibility index (Phi) is 3.74. The standard InChI is InChI=1S/C16H10INO3/c17-11-5-3-6-12(9-11)21-15-13(16(19)20)8-10-4-1-2-7-14(10)18-15/h1-9H,(H,19,20). The largest absolute Gasteiger partial charge is 0.477 e. The fourth-order valence-electron chi connectivity index (χ4n) is 1.97. The molecular formula is C16H10INO3. The number of rotatable bonds is 3. The summed E-state index contributed by atoms with van der Waals surface area (Å²) in [6.45, 7) is 0. The van der Waals surface area contributed by atoms with E-state index < -0.39 is 5.97 Å². The van der Waals surface area contributed by atoms with E-state index in [1.165, 1.54) is 0 Å². The van der Waals surface area contributed by atoms with Gasteiger partial charge in [0.15, 0.2) is 0 Å². The molecule has 3 rings (SSSR count). The Morgan fingerprint density at radius 1 is 1.10 bits per heavy atom. The van der Waals surface area contributed by atoms with Crippen LogP contribution in [0.2, 0.25) is 0 Å². The Balaban J connectivity index is 2.11. The highest BCUT2D eigenvalue weighted by molar-refractivity contribution is 14.1. The van der Waals surface area contributed by atoms with Crippen LogP contribution in [0.4, 0.5) is 0 Å². The van der Waals surface area contributed by atoms with Gasteiger partial charge in [-0.05, 0) is 52.9 Å². The van der Waals surface area contributed by atoms with E-state index in [9.17, 15) is 9.90 Å². The summed E-state index contributed by atoms with van der Waals surface area (Å²) in [5.74, 6) is -0.399. The molecule has 0 saturated carbocycles. The van der Waals surface area contributed by atoms with Gasteiger partial charge in [-0.25, -0.2) is 9.78 Å². The number of halogens is 1. The maximum Gasteiger partial charge on any atom is 0.341 e. The van der Waals surface area contributed by atoms with E-state index in [2.05, 4.69) is 27.6 Å². The zero-order valence-electron chi connectivity index (χ0n) is 10.8. The molecule has 0 bridgehead atoms. The third-order valence-corrected chi connectivity index (χ3v) is 3.60. The molecule has 0 aliphatic carbocycles. The fraction of sp³-hybridized carbons (Fsp3) is 0. The first-order valence-corrected chi connectivity index (χ1v) is 7.28. The number of aromatic carboxylic acids is 1. The maximum absolute atomic E-state index is 11.4. The molecule has 0 spiro atoms. The molecule has 0 aliphatic rings. The number of carboxylic acid groups (broad SMARTS) is 1. The highest BCUT2D eigenvalue weighted by Gasteiger charge is 2.15. The van der Waals surface area contributed by atoms with E-state index in [1.807, 2.05) is 42.5 Å². The smallest absolute Gasteiger partial charge is 0.341 e. The van der Waals surface area contributed by atoms with Crippen LogP contribution in [0.1, 0.15) is 10.4 Å². The van der Waals surface area contributed by atoms with Gasteiger partial charge >= 0.3 is 5.97 Å². The fourth-order valence-corrected chi connectivity index (χ4v) is 2.49. The quantitative estimate of drug-likeness (QED) is 0.676. The Labute approximate surface area is 134 Å². The summed E-state index contributed by atoms with van der Waals surface area (Å²) >= 11 is 2.17. The molecule has 0 fully saturated rings. The molecule has 21 heavy (non-hydrogen) atoms. The summed E-state index contributed by atoms with van der Waals surface area (Å²) in [5, 5.41) is 10.1. The first kappa shape index (κ1) is 13.8. The molecule has 0 atom stereocenters. The lowest BCUT2D eigenvalue weighted by molar-refractivity contribution is 0.0693. The summed E-state index contributed by atoms with van der Waals surface area (Å²) in [7, 11) is 0. The van der Waals surface area contributed by atoms with Gasteiger partial charge in [0.25, 0.3) is 0 Å². The number of fused-ring (bicyclic) bond motifs is 1. The molecule has 0 unspecified atom stereocenters. The Hall–Kier alpha value is -2.15. The van der Waals surface area contributed by atoms with Gasteiger partial charge in [0.2, 0.25) is 5.88 Å². The van der Waals surface area contributed by atoms with Crippen molar-refractivity contribution in [1.29, 1.82) is 0 Å². The molecule has 3 aromatic rings. The topological polar surface area (TPSA) is 59.4 Å². The molecule has 0 radical (unpaired) electrons. The third-order valence-electron chi connectivity index (χ3n) is 2.93. The second-order valence-electron chi connectivity index (χ2n) is 4.40. The van der Waals surface area contributed by atoms with Gasteiger partial charge < -0.3 is 9.84 Å². The molecule has 0 amide bonds. The first-order valence-electron chi connectivity index (χ1n) is 6.20. The van der Waals surface area contributed by atoms with Gasteiger partial charge in [-0.3, -0.25) is 0 Å². The summed E-state index contributed by atoms with van der Waals surface area (Å²) < 4.78 is 6.67. The zero-order chi connectivity index (χ0) is 14.8. The van der Waals surface area contributed by atoms with E-state index in [-0.39, 0.29) is 11.4 Å². The van der Waals surface area contributed by atoms with Crippen LogP contribution in [0, 0.1) is 3.57 Å². The van der Waals surface area contributed by atoms with E-state index in [0.717, 1.165) is 8.96 Å². The molecule has 5 heteroatoms. The predicted molar refractivity (Wildman–Crippen MR) is 87.9 cm³/mol. The minimum absolute atomic E-state index is 0.0487. The molecule has 4 nitrogen and oxygen atoms in total. The number of hydrogen-bond donors (Lipinski definition) is 1. The summed E-state index contributed by atoms with van der Waals surface area (Å²) in [6, 6.07) is 16.3. The number of nitrogens with zero attached hydrogens (tertiary/aromatic N) is 1. The lowest BCUT2D eigenvalue weighted by atomic mass is 10.1. The van der Waals surface area contributed by atoms with Crippen molar-refractivity contribution in [1.82, 2.24) is 4.98 Å². The Bertz CT molecular complexity index is 833. The number of carbonyl (C=O) groups is 1. The summed E-state index contributed by atoms with van der Waals surface area (Å²) in [5.41, 5.74) is 0.746. The van der Waals surface area contributed by atoms with Gasteiger partial charge in [0, 0.05) is 8.96 Å². The highest BCUT2D eigenvalue weighted by Crippen LogP contribution is 2.27. The van der Waals surface area contributed by atoms with Crippen molar-refractivity contribution >= 4 is 39.5 Å². The summed E-state index contributed by atoms with van der Waals surface area (Å²) in [4.78, 5) is 15.7. The molecular weight excluding hydrogens is 381 g/mol. The number of ether oxygens (including phenoxy) is 1. The highest BCUT2D eigenvalue weighted by atomic mass is 127. The Morgan fingerprint density at radius 3 is 2.67 bits per heavy atom. The number of aromatic nitrogens is 1. The van der Waals surface area contributed by atoms with Crippen molar-refractivity contribution < 1.29 is 14.6 Å². The van der Waals surface area contributed by atoms with Crippen molar-refractivity contribution in [3.8, 4) is 11.6 Å². The van der Waals surface area contributed by atoms with Gasteiger partial charge in [0.1, 0.15) is 11.3 Å². The lowest BCUT2D eigenvalue weighted by Gasteiger charge is -2.09. The lowest BCUT2D eigenvalue weighted by Crippen LogP contribution is -2.02. The van der Waals surface area contributed by atoms with Crippen LogP contribution in [-0.4, -0.2) is 16.1 Å². The van der Waals surface area contributed by atoms with Crippen molar-refractivity contribution in [3.05, 3.63) is 63.7 Å². The first-order chi connectivity index (χ1) is 10.1. The SMILES string of the molecule is O=C(O)c1cc2ccccc2nc1Oc1cccc(I)c1. The van der Waals surface area contributed by atoms with E-state index in [1.54, 1.807) is 12.1 Å². The van der Waals surface area contributed by atoms with Crippen molar-refractivity contribution in [3.63, 3.8) is 0 Å². The van der Waals surface area contributed by atoms with E-state index >= 15 is 0 Å². The molecule has 0 aliphatic heterocycles. The van der Waals surface area contributed by atoms with Crippen LogP contribution in [0.3, 0.4) is 0 Å². The van der Waals surface area contributed by atoms with Crippen LogP contribution in [0.5, 0.6) is 11.6 Å². The number of para-hydroxylation sites is 1. The number of pyridine rings is 1. The van der Waals surface area contributed by atoms with Gasteiger partial charge in [-0.2, -0.15) is 0 Å². The number of carboxylic acids is 1. The number of benzene rings is 2. The molecule has 1 N–H and O–H groups in total. The minimum Gasteiger partial charge on any atom is -0.477 e. The van der Waals surface area contributed by atoms with Crippen LogP contribution in [0.15, 0.2) is 54.6 Å². The van der Waals surface area contributed by atoms with Crippen molar-refractivity contribution in [2.75, 3.05) is 0 Å². The molecule has 2 aromatic carbocycles. The Morgan fingerprint density at radius 2 is 1.90 bits per heavy atom. The van der Waals surface area contributed by atoms with E-state index in [4.69, 9.17) is 4.74 Å². The molecule has 1 aromatic heterocycles. The summed E-state index contributed by atoms with van der Waals surface area (Å²) in [6.07, 6.45) is 0.